The van der Waals surface area contributed by atoms with Crippen molar-refractivity contribution in [2.45, 2.75) is 45.1 Å². The van der Waals surface area contributed by atoms with E-state index >= 15 is 0 Å². The number of hydrogen-bond donors (Lipinski definition) is 1. The number of nitrogens with zero attached hydrogens (tertiary/aromatic N) is 1. The molecule has 2 nitrogen and oxygen atoms in total. The van der Waals surface area contributed by atoms with Crippen molar-refractivity contribution < 1.29 is 0 Å². The normalized spacial score (nSPS) is 14.2. The summed E-state index contributed by atoms with van der Waals surface area (Å²) in [5.74, 6) is 2.51. The van der Waals surface area contributed by atoms with Crippen molar-refractivity contribution in [1.29, 1.82) is 5.26 Å². The van der Waals surface area contributed by atoms with Crippen LogP contribution in [0.3, 0.4) is 0 Å². The van der Waals surface area contributed by atoms with Crippen LogP contribution in [0.5, 0.6) is 0 Å². The number of terminal acetylenes is 1. The molecule has 0 bridgehead atoms. The van der Waals surface area contributed by atoms with E-state index in [9.17, 15) is 0 Å². The van der Waals surface area contributed by atoms with E-state index in [4.69, 9.17) is 11.7 Å². The predicted molar refractivity (Wildman–Crippen MR) is 55.0 cm³/mol. The van der Waals surface area contributed by atoms with Crippen LogP contribution in [0.1, 0.15) is 39.5 Å². The second kappa shape index (κ2) is 6.52. The number of nitrogens with one attached hydrogen (secondary N) is 1. The molecule has 0 saturated heterocycles. The topological polar surface area (TPSA) is 35.8 Å². The minimum absolute atomic E-state index is 0.400. The number of rotatable bonds is 6. The van der Waals surface area contributed by atoms with Gasteiger partial charge in [-0.15, -0.1) is 6.42 Å². The third kappa shape index (κ3) is 3.97. The lowest BCUT2D eigenvalue weighted by atomic mass is 9.91. The molecule has 0 heterocycles. The maximum Gasteiger partial charge on any atom is 0.107 e. The molecular weight excluding hydrogens is 160 g/mol. The van der Waals surface area contributed by atoms with Gasteiger partial charge >= 0.3 is 0 Å². The Balaban J connectivity index is 4.17. The molecule has 1 atom stereocenters. The van der Waals surface area contributed by atoms with Gasteiger partial charge in [0.2, 0.25) is 0 Å². The summed E-state index contributed by atoms with van der Waals surface area (Å²) in [5, 5.41) is 12.2. The molecule has 0 saturated carbocycles. The second-order valence-corrected chi connectivity index (χ2v) is 3.21. The van der Waals surface area contributed by atoms with E-state index in [-0.39, 0.29) is 0 Å². The highest BCUT2D eigenvalue weighted by Gasteiger charge is 2.25. The Hall–Kier alpha value is -0.990. The Labute approximate surface area is 81.3 Å². The Morgan fingerprint density at radius 1 is 1.46 bits per heavy atom. The summed E-state index contributed by atoms with van der Waals surface area (Å²) in [6.07, 6.45) is 9.03. The van der Waals surface area contributed by atoms with E-state index in [2.05, 4.69) is 24.2 Å². The van der Waals surface area contributed by atoms with Gasteiger partial charge in [0.1, 0.15) is 5.54 Å². The average Bonchev–Trinajstić information content (AvgIpc) is 2.20. The van der Waals surface area contributed by atoms with Crippen LogP contribution in [-0.2, 0) is 0 Å². The Bertz CT molecular complexity index is 209. The van der Waals surface area contributed by atoms with E-state index < -0.39 is 5.54 Å². The Kier molecular flexibility index (Phi) is 6.02. The largest absolute Gasteiger partial charge is 0.288 e. The van der Waals surface area contributed by atoms with Crippen LogP contribution in [0.25, 0.3) is 0 Å². The predicted octanol–water partition coefficient (Wildman–Crippen LogP) is 2.07. The summed E-state index contributed by atoms with van der Waals surface area (Å²) in [4.78, 5) is 0. The third-order valence-corrected chi connectivity index (χ3v) is 2.30. The zero-order chi connectivity index (χ0) is 10.2. The van der Waals surface area contributed by atoms with Gasteiger partial charge in [-0.25, -0.2) is 0 Å². The van der Waals surface area contributed by atoms with Gasteiger partial charge in [-0.2, -0.15) is 5.26 Å². The molecular formula is C11H18N2. The molecule has 13 heavy (non-hydrogen) atoms. The molecule has 0 aromatic carbocycles. The molecule has 0 spiro atoms. The molecule has 0 aliphatic carbocycles. The first-order valence-electron chi connectivity index (χ1n) is 4.84. The maximum atomic E-state index is 9.05. The fourth-order valence-corrected chi connectivity index (χ4v) is 1.26. The highest BCUT2D eigenvalue weighted by molar-refractivity contribution is 5.08. The zero-order valence-corrected chi connectivity index (χ0v) is 8.56. The highest BCUT2D eigenvalue weighted by Crippen LogP contribution is 2.17. The molecule has 0 radical (unpaired) electrons. The fraction of sp³-hybridized carbons (Fsp3) is 0.727. The van der Waals surface area contributed by atoms with Crippen molar-refractivity contribution in [2.75, 3.05) is 6.54 Å². The van der Waals surface area contributed by atoms with Gasteiger partial charge < -0.3 is 0 Å². The minimum atomic E-state index is -0.400. The first kappa shape index (κ1) is 12.0. The molecule has 2 heteroatoms. The lowest BCUT2D eigenvalue weighted by molar-refractivity contribution is 0.379. The van der Waals surface area contributed by atoms with E-state index in [0.29, 0.717) is 6.54 Å². The zero-order valence-electron chi connectivity index (χ0n) is 8.56. The van der Waals surface area contributed by atoms with Crippen LogP contribution in [0.15, 0.2) is 0 Å². The smallest absolute Gasteiger partial charge is 0.107 e. The van der Waals surface area contributed by atoms with Crippen LogP contribution >= 0.6 is 0 Å². The molecule has 0 rings (SSSR count). The van der Waals surface area contributed by atoms with Crippen LogP contribution in [0.4, 0.5) is 0 Å². The van der Waals surface area contributed by atoms with Crippen molar-refractivity contribution >= 4 is 0 Å². The number of nitriles is 1. The molecule has 1 N–H and O–H groups in total. The molecule has 0 aliphatic heterocycles. The average molecular weight is 178 g/mol. The molecule has 72 valence electrons. The van der Waals surface area contributed by atoms with Crippen molar-refractivity contribution in [3.8, 4) is 18.4 Å². The van der Waals surface area contributed by atoms with Crippen LogP contribution in [-0.4, -0.2) is 12.1 Å². The second-order valence-electron chi connectivity index (χ2n) is 3.21. The monoisotopic (exact) mass is 178 g/mol. The third-order valence-electron chi connectivity index (χ3n) is 2.30. The SMILES string of the molecule is C#CCNC(C#N)(CC)CCCC. The van der Waals surface area contributed by atoms with Crippen molar-refractivity contribution in [1.82, 2.24) is 5.32 Å². The summed E-state index contributed by atoms with van der Waals surface area (Å²) in [6.45, 7) is 4.62. The molecule has 1 unspecified atom stereocenters. The summed E-state index contributed by atoms with van der Waals surface area (Å²) in [7, 11) is 0. The van der Waals surface area contributed by atoms with Gasteiger partial charge in [0, 0.05) is 0 Å². The Morgan fingerprint density at radius 2 is 2.15 bits per heavy atom. The summed E-state index contributed by atoms with van der Waals surface area (Å²) < 4.78 is 0. The number of unbranched alkanes of at least 4 members (excludes halogenated alkanes) is 1. The van der Waals surface area contributed by atoms with E-state index in [1.807, 2.05) is 6.92 Å². The summed E-state index contributed by atoms with van der Waals surface area (Å²) in [5.41, 5.74) is -0.400. The van der Waals surface area contributed by atoms with E-state index in [1.165, 1.54) is 0 Å². The number of hydrogen-bond acceptors (Lipinski definition) is 2. The standard InChI is InChI=1S/C11H18N2/c1-4-7-8-11(6-3,10-12)13-9-5-2/h2,13H,4,6-9H2,1,3H3. The van der Waals surface area contributed by atoms with Gasteiger partial charge in [-0.1, -0.05) is 32.6 Å². The lowest BCUT2D eigenvalue weighted by Gasteiger charge is -2.25. The van der Waals surface area contributed by atoms with Gasteiger partial charge in [0.05, 0.1) is 12.6 Å². The van der Waals surface area contributed by atoms with E-state index in [1.54, 1.807) is 0 Å². The quantitative estimate of drug-likeness (QED) is 0.632. The van der Waals surface area contributed by atoms with Crippen LogP contribution < -0.4 is 5.32 Å². The van der Waals surface area contributed by atoms with Gasteiger partial charge in [-0.05, 0) is 12.8 Å². The highest BCUT2D eigenvalue weighted by atomic mass is 15.0. The van der Waals surface area contributed by atoms with Crippen molar-refractivity contribution in [3.63, 3.8) is 0 Å². The minimum Gasteiger partial charge on any atom is -0.288 e. The van der Waals surface area contributed by atoms with E-state index in [0.717, 1.165) is 25.7 Å². The molecule has 0 aliphatic rings. The molecule has 0 aromatic rings. The molecule has 0 fully saturated rings. The molecule has 0 aromatic heterocycles. The van der Waals surface area contributed by atoms with Gasteiger partial charge in [0.25, 0.3) is 0 Å². The van der Waals surface area contributed by atoms with Gasteiger partial charge in [-0.3, -0.25) is 5.32 Å². The first-order chi connectivity index (χ1) is 6.24. The van der Waals surface area contributed by atoms with Gasteiger partial charge in [0.15, 0.2) is 0 Å². The van der Waals surface area contributed by atoms with Crippen LogP contribution in [0, 0.1) is 23.7 Å². The lowest BCUT2D eigenvalue weighted by Crippen LogP contribution is -2.43. The molecule has 0 amide bonds. The first-order valence-corrected chi connectivity index (χ1v) is 4.84. The maximum absolute atomic E-state index is 9.05. The van der Waals surface area contributed by atoms with Crippen molar-refractivity contribution in [2.24, 2.45) is 0 Å². The van der Waals surface area contributed by atoms with Crippen LogP contribution in [0.2, 0.25) is 0 Å². The Morgan fingerprint density at radius 3 is 2.54 bits per heavy atom. The summed E-state index contributed by atoms with van der Waals surface area (Å²) >= 11 is 0. The summed E-state index contributed by atoms with van der Waals surface area (Å²) in [6, 6.07) is 2.33. The van der Waals surface area contributed by atoms with Crippen molar-refractivity contribution in [3.05, 3.63) is 0 Å². The fourth-order valence-electron chi connectivity index (χ4n) is 1.26.